The summed E-state index contributed by atoms with van der Waals surface area (Å²) in [5.41, 5.74) is 1.67. The van der Waals surface area contributed by atoms with Gasteiger partial charge in [0.1, 0.15) is 0 Å². The molecule has 1 aliphatic heterocycles. The number of carbonyl (C=O) groups is 1. The van der Waals surface area contributed by atoms with E-state index in [0.717, 1.165) is 13.0 Å². The lowest BCUT2D eigenvalue weighted by Gasteiger charge is -2.24. The maximum Gasteiger partial charge on any atom is 0.274 e. The molecule has 1 aromatic rings. The molecule has 0 unspecified atom stereocenters. The molecule has 2 rings (SSSR count). The Morgan fingerprint density at radius 3 is 2.81 bits per heavy atom. The van der Waals surface area contributed by atoms with Gasteiger partial charge in [-0.25, -0.2) is 0 Å². The Morgan fingerprint density at radius 1 is 1.44 bits per heavy atom. The summed E-state index contributed by atoms with van der Waals surface area (Å²) >= 11 is 5.61. The van der Waals surface area contributed by atoms with Gasteiger partial charge in [0.2, 0.25) is 0 Å². The van der Waals surface area contributed by atoms with E-state index < -0.39 is 0 Å². The van der Waals surface area contributed by atoms with Gasteiger partial charge in [0.05, 0.1) is 0 Å². The Bertz CT molecular complexity index is 427. The summed E-state index contributed by atoms with van der Waals surface area (Å²) < 4.78 is 0. The first-order valence-electron chi connectivity index (χ1n) is 5.11. The van der Waals surface area contributed by atoms with E-state index in [-0.39, 0.29) is 5.91 Å². The number of halogens is 1. The fourth-order valence-electron chi connectivity index (χ4n) is 1.55. The van der Waals surface area contributed by atoms with E-state index in [4.69, 9.17) is 11.6 Å². The molecular weight excluding hydrogens is 226 g/mol. The summed E-state index contributed by atoms with van der Waals surface area (Å²) in [6.45, 7) is 3.46. The molecule has 0 saturated carbocycles. The highest BCUT2D eigenvalue weighted by atomic mass is 35.5. The second-order valence-electron chi connectivity index (χ2n) is 3.79. The Kier molecular flexibility index (Phi) is 3.19. The van der Waals surface area contributed by atoms with Gasteiger partial charge in [-0.05, 0) is 25.5 Å². The van der Waals surface area contributed by atoms with Crippen LogP contribution in [0, 0.1) is 0 Å². The van der Waals surface area contributed by atoms with Gasteiger partial charge in [-0.15, -0.1) is 10.2 Å². The molecule has 1 aliphatic rings. The second kappa shape index (κ2) is 4.61. The molecule has 0 radical (unpaired) electrons. The average molecular weight is 238 g/mol. The fraction of sp³-hybridized carbons (Fsp3) is 0.364. The van der Waals surface area contributed by atoms with Crippen LogP contribution in [0.15, 0.2) is 23.8 Å². The number of aromatic nitrogens is 2. The maximum atomic E-state index is 12.0. The number of nitrogens with zero attached hydrogens (tertiary/aromatic N) is 3. The van der Waals surface area contributed by atoms with Crippen LogP contribution in [0.25, 0.3) is 0 Å². The van der Waals surface area contributed by atoms with Crippen molar-refractivity contribution in [2.45, 2.75) is 13.3 Å². The van der Waals surface area contributed by atoms with Gasteiger partial charge in [-0.2, -0.15) is 0 Å². The molecule has 2 heterocycles. The molecule has 1 amide bonds. The summed E-state index contributed by atoms with van der Waals surface area (Å²) in [6.07, 6.45) is 2.98. The fourth-order valence-corrected chi connectivity index (χ4v) is 1.65. The number of hydrogen-bond acceptors (Lipinski definition) is 3. The topological polar surface area (TPSA) is 46.1 Å². The van der Waals surface area contributed by atoms with Crippen molar-refractivity contribution >= 4 is 17.5 Å². The van der Waals surface area contributed by atoms with Crippen LogP contribution in [0.5, 0.6) is 0 Å². The van der Waals surface area contributed by atoms with Crippen molar-refractivity contribution in [1.82, 2.24) is 15.1 Å². The molecule has 0 saturated heterocycles. The second-order valence-corrected chi connectivity index (χ2v) is 4.18. The normalized spacial score (nSPS) is 15.9. The zero-order valence-corrected chi connectivity index (χ0v) is 9.74. The summed E-state index contributed by atoms with van der Waals surface area (Å²) in [4.78, 5) is 13.7. The van der Waals surface area contributed by atoms with Crippen LogP contribution in [0.1, 0.15) is 23.8 Å². The van der Waals surface area contributed by atoms with Gasteiger partial charge in [0, 0.05) is 13.1 Å². The van der Waals surface area contributed by atoms with Crippen LogP contribution in [0.2, 0.25) is 5.15 Å². The first-order valence-corrected chi connectivity index (χ1v) is 5.49. The highest BCUT2D eigenvalue weighted by Gasteiger charge is 2.18. The van der Waals surface area contributed by atoms with Gasteiger partial charge in [0.15, 0.2) is 10.8 Å². The molecular formula is C11H12ClN3O. The maximum absolute atomic E-state index is 12.0. The highest BCUT2D eigenvalue weighted by molar-refractivity contribution is 6.29. The zero-order valence-electron chi connectivity index (χ0n) is 8.98. The molecule has 5 heteroatoms. The standard InChI is InChI=1S/C11H12ClN3O/c1-8-4-6-15(7-5-8)11(16)9-2-3-10(12)14-13-9/h2-4H,5-7H2,1H3. The van der Waals surface area contributed by atoms with Crippen LogP contribution in [0.4, 0.5) is 0 Å². The molecule has 1 aromatic heterocycles. The molecule has 0 bridgehead atoms. The molecule has 0 N–H and O–H groups in total. The van der Waals surface area contributed by atoms with Crippen LogP contribution < -0.4 is 0 Å². The van der Waals surface area contributed by atoms with Crippen LogP contribution >= 0.6 is 11.6 Å². The quantitative estimate of drug-likeness (QED) is 0.701. The largest absolute Gasteiger partial charge is 0.333 e. The Balaban J connectivity index is 2.11. The number of carbonyl (C=O) groups excluding carboxylic acids is 1. The van der Waals surface area contributed by atoms with E-state index >= 15 is 0 Å². The van der Waals surface area contributed by atoms with Crippen LogP contribution in [-0.2, 0) is 0 Å². The molecule has 0 aromatic carbocycles. The number of amides is 1. The van der Waals surface area contributed by atoms with Crippen molar-refractivity contribution in [3.05, 3.63) is 34.6 Å². The van der Waals surface area contributed by atoms with Crippen molar-refractivity contribution in [2.24, 2.45) is 0 Å². The number of rotatable bonds is 1. The summed E-state index contributed by atoms with van der Waals surface area (Å²) in [5, 5.41) is 7.74. The van der Waals surface area contributed by atoms with E-state index in [1.807, 2.05) is 0 Å². The van der Waals surface area contributed by atoms with Crippen LogP contribution in [0.3, 0.4) is 0 Å². The lowest BCUT2D eigenvalue weighted by Crippen LogP contribution is -2.35. The van der Waals surface area contributed by atoms with Crippen molar-refractivity contribution in [1.29, 1.82) is 0 Å². The van der Waals surface area contributed by atoms with E-state index in [1.54, 1.807) is 17.0 Å². The molecule has 4 nitrogen and oxygen atoms in total. The minimum atomic E-state index is -0.0899. The predicted molar refractivity (Wildman–Crippen MR) is 61.3 cm³/mol. The van der Waals surface area contributed by atoms with Gasteiger partial charge in [0.25, 0.3) is 5.91 Å². The van der Waals surface area contributed by atoms with Crippen molar-refractivity contribution in [2.75, 3.05) is 13.1 Å². The van der Waals surface area contributed by atoms with Crippen molar-refractivity contribution in [3.8, 4) is 0 Å². The van der Waals surface area contributed by atoms with Crippen molar-refractivity contribution < 1.29 is 4.79 Å². The molecule has 84 valence electrons. The Hall–Kier alpha value is -1.42. The monoisotopic (exact) mass is 237 g/mol. The minimum Gasteiger partial charge on any atom is -0.333 e. The zero-order chi connectivity index (χ0) is 11.5. The Morgan fingerprint density at radius 2 is 2.25 bits per heavy atom. The number of hydrogen-bond donors (Lipinski definition) is 0. The first kappa shape index (κ1) is 11.1. The molecule has 0 spiro atoms. The third-order valence-corrected chi connectivity index (χ3v) is 2.78. The van der Waals surface area contributed by atoms with Gasteiger partial charge < -0.3 is 4.90 Å². The van der Waals surface area contributed by atoms with E-state index in [0.29, 0.717) is 17.4 Å². The molecule has 0 aliphatic carbocycles. The lowest BCUT2D eigenvalue weighted by atomic mass is 10.1. The lowest BCUT2D eigenvalue weighted by molar-refractivity contribution is 0.0762. The highest BCUT2D eigenvalue weighted by Crippen LogP contribution is 2.12. The minimum absolute atomic E-state index is 0.0899. The van der Waals surface area contributed by atoms with Crippen LogP contribution in [-0.4, -0.2) is 34.1 Å². The smallest absolute Gasteiger partial charge is 0.274 e. The Labute approximate surface area is 98.9 Å². The third kappa shape index (κ3) is 2.39. The molecule has 16 heavy (non-hydrogen) atoms. The third-order valence-electron chi connectivity index (χ3n) is 2.57. The van der Waals surface area contributed by atoms with Gasteiger partial charge in [-0.1, -0.05) is 23.3 Å². The molecule has 0 fully saturated rings. The SMILES string of the molecule is CC1=CCN(C(=O)c2ccc(Cl)nn2)CC1. The predicted octanol–water partition coefficient (Wildman–Crippen LogP) is 1.92. The average Bonchev–Trinajstić information content (AvgIpc) is 2.30. The van der Waals surface area contributed by atoms with Crippen molar-refractivity contribution in [3.63, 3.8) is 0 Å². The van der Waals surface area contributed by atoms with E-state index in [2.05, 4.69) is 23.2 Å². The molecule has 0 atom stereocenters. The van der Waals surface area contributed by atoms with E-state index in [1.165, 1.54) is 5.57 Å². The summed E-state index contributed by atoms with van der Waals surface area (Å²) in [5.74, 6) is -0.0899. The van der Waals surface area contributed by atoms with Gasteiger partial charge >= 0.3 is 0 Å². The first-order chi connectivity index (χ1) is 7.66. The summed E-state index contributed by atoms with van der Waals surface area (Å²) in [6, 6.07) is 3.18. The van der Waals surface area contributed by atoms with E-state index in [9.17, 15) is 4.79 Å². The van der Waals surface area contributed by atoms with Gasteiger partial charge in [-0.3, -0.25) is 4.79 Å². The summed E-state index contributed by atoms with van der Waals surface area (Å²) in [7, 11) is 0.